The van der Waals surface area contributed by atoms with Gasteiger partial charge in [-0.15, -0.1) is 13.2 Å². The number of halogens is 6. The molecule has 4 rings (SSSR count). The van der Waals surface area contributed by atoms with Gasteiger partial charge in [0.05, 0.1) is 0 Å². The molecule has 1 aromatic carbocycles. The molecule has 144 valence electrons. The molecule has 2 bridgehead atoms. The quantitative estimate of drug-likeness (QED) is 0.494. The Labute approximate surface area is 147 Å². The smallest absolute Gasteiger partial charge is 0.406 e. The third kappa shape index (κ3) is 2.86. The van der Waals surface area contributed by atoms with E-state index < -0.39 is 24.1 Å². The number of benzene rings is 1. The monoisotopic (exact) mass is 379 g/mol. The molecule has 0 unspecified atom stereocenters. The minimum Gasteiger partial charge on any atom is -0.406 e. The van der Waals surface area contributed by atoms with Crippen molar-refractivity contribution in [3.05, 3.63) is 29.3 Å². The highest BCUT2D eigenvalue weighted by Gasteiger charge is 2.58. The van der Waals surface area contributed by atoms with Gasteiger partial charge in [-0.3, -0.25) is 0 Å². The van der Waals surface area contributed by atoms with Gasteiger partial charge in [0.1, 0.15) is 5.75 Å². The number of ether oxygens (including phenoxy) is 1. The molecule has 2 aliphatic carbocycles. The second-order valence-corrected chi connectivity index (χ2v) is 7.56. The SMILES string of the molecule is FC(F)(F)Oc1ccc2c(c1)[C@]13CCCC[C@@H]1[C@H](C2)N(C(F)(F)F)CC3. The Morgan fingerprint density at radius 3 is 2.50 bits per heavy atom. The molecule has 8 heteroatoms. The summed E-state index contributed by atoms with van der Waals surface area (Å²) in [6.45, 7) is -0.103. The molecule has 26 heavy (non-hydrogen) atoms. The number of rotatable bonds is 1. The lowest BCUT2D eigenvalue weighted by atomic mass is 9.52. The maximum atomic E-state index is 13.5. The first-order valence-electron chi connectivity index (χ1n) is 8.83. The summed E-state index contributed by atoms with van der Waals surface area (Å²) in [7, 11) is 0. The Balaban J connectivity index is 1.78. The minimum atomic E-state index is -4.78. The van der Waals surface area contributed by atoms with E-state index in [-0.39, 0.29) is 24.6 Å². The number of likely N-dealkylation sites (tertiary alicyclic amines) is 1. The van der Waals surface area contributed by atoms with E-state index in [2.05, 4.69) is 4.74 Å². The number of hydrogen-bond donors (Lipinski definition) is 0. The van der Waals surface area contributed by atoms with Crippen LogP contribution in [-0.4, -0.2) is 30.1 Å². The van der Waals surface area contributed by atoms with Crippen LogP contribution < -0.4 is 4.74 Å². The van der Waals surface area contributed by atoms with E-state index in [1.54, 1.807) is 0 Å². The predicted octanol–water partition coefficient (Wildman–Crippen LogP) is 5.16. The van der Waals surface area contributed by atoms with Crippen molar-refractivity contribution in [3.63, 3.8) is 0 Å². The van der Waals surface area contributed by atoms with Gasteiger partial charge in [0.25, 0.3) is 0 Å². The molecule has 1 heterocycles. The van der Waals surface area contributed by atoms with E-state index >= 15 is 0 Å². The summed E-state index contributed by atoms with van der Waals surface area (Å²) in [6.07, 6.45) is -5.48. The van der Waals surface area contributed by atoms with E-state index in [1.165, 1.54) is 18.2 Å². The Morgan fingerprint density at radius 1 is 1.04 bits per heavy atom. The Kier molecular flexibility index (Phi) is 3.99. The van der Waals surface area contributed by atoms with Crippen LogP contribution in [-0.2, 0) is 11.8 Å². The summed E-state index contributed by atoms with van der Waals surface area (Å²) in [6, 6.07) is 3.50. The summed E-state index contributed by atoms with van der Waals surface area (Å²) in [5, 5.41) is 0. The van der Waals surface area contributed by atoms with E-state index in [4.69, 9.17) is 0 Å². The van der Waals surface area contributed by atoms with Crippen LogP contribution in [0.25, 0.3) is 0 Å². The first kappa shape index (κ1) is 17.9. The normalized spacial score (nSPS) is 31.9. The van der Waals surface area contributed by atoms with Gasteiger partial charge in [0.15, 0.2) is 0 Å². The molecule has 2 nitrogen and oxygen atoms in total. The average molecular weight is 379 g/mol. The molecule has 1 saturated carbocycles. The summed E-state index contributed by atoms with van der Waals surface area (Å²) < 4.78 is 82.3. The molecule has 3 aliphatic rings. The lowest BCUT2D eigenvalue weighted by Crippen LogP contribution is -2.63. The van der Waals surface area contributed by atoms with Gasteiger partial charge in [-0.25, -0.2) is 4.90 Å². The highest BCUT2D eigenvalue weighted by Crippen LogP contribution is 2.57. The highest BCUT2D eigenvalue weighted by molar-refractivity contribution is 5.45. The van der Waals surface area contributed by atoms with E-state index in [1.807, 2.05) is 0 Å². The van der Waals surface area contributed by atoms with Crippen molar-refractivity contribution >= 4 is 0 Å². The zero-order valence-corrected chi connectivity index (χ0v) is 14.0. The molecule has 0 spiro atoms. The standard InChI is InChI=1S/C18H19F6NO/c19-17(20,21)25-8-7-16-6-2-1-3-13(16)15(25)9-11-4-5-12(10-14(11)16)26-18(22,23)24/h4-5,10,13,15H,1-3,6-9H2/t13-,15+,16+/m1/s1. The molecule has 0 amide bonds. The molecule has 0 N–H and O–H groups in total. The van der Waals surface area contributed by atoms with Gasteiger partial charge < -0.3 is 4.74 Å². The number of piperidine rings is 1. The molecule has 0 aromatic heterocycles. The fourth-order valence-electron chi connectivity index (χ4n) is 5.50. The molecular weight excluding hydrogens is 360 g/mol. The summed E-state index contributed by atoms with van der Waals surface area (Å²) in [4.78, 5) is 0.643. The first-order chi connectivity index (χ1) is 12.1. The zero-order valence-electron chi connectivity index (χ0n) is 14.0. The maximum absolute atomic E-state index is 13.5. The Morgan fingerprint density at radius 2 is 1.81 bits per heavy atom. The van der Waals surface area contributed by atoms with Gasteiger partial charge in [0, 0.05) is 18.0 Å². The van der Waals surface area contributed by atoms with Crippen molar-refractivity contribution in [3.8, 4) is 5.75 Å². The largest absolute Gasteiger partial charge is 0.573 e. The van der Waals surface area contributed by atoms with Crippen molar-refractivity contribution in [2.45, 2.75) is 62.6 Å². The summed E-state index contributed by atoms with van der Waals surface area (Å²) >= 11 is 0. The lowest BCUT2D eigenvalue weighted by Gasteiger charge is -2.59. The van der Waals surface area contributed by atoms with Crippen molar-refractivity contribution in [2.24, 2.45) is 5.92 Å². The predicted molar refractivity (Wildman–Crippen MR) is 81.6 cm³/mol. The van der Waals surface area contributed by atoms with E-state index in [0.29, 0.717) is 17.7 Å². The topological polar surface area (TPSA) is 12.5 Å². The van der Waals surface area contributed by atoms with Gasteiger partial charge in [-0.05, 0) is 54.9 Å². The van der Waals surface area contributed by atoms with E-state index in [9.17, 15) is 26.3 Å². The fourth-order valence-corrected chi connectivity index (χ4v) is 5.50. The van der Waals surface area contributed by atoms with Crippen LogP contribution in [0.4, 0.5) is 26.3 Å². The van der Waals surface area contributed by atoms with Gasteiger partial charge >= 0.3 is 12.7 Å². The Bertz CT molecular complexity index is 700. The van der Waals surface area contributed by atoms with Crippen molar-refractivity contribution < 1.29 is 31.1 Å². The molecule has 0 radical (unpaired) electrons. The highest BCUT2D eigenvalue weighted by atomic mass is 19.4. The summed E-state index contributed by atoms with van der Waals surface area (Å²) in [5.41, 5.74) is 1.02. The maximum Gasteiger partial charge on any atom is 0.573 e. The molecule has 2 fully saturated rings. The summed E-state index contributed by atoms with van der Waals surface area (Å²) in [5.74, 6) is -0.466. The van der Waals surface area contributed by atoms with Crippen LogP contribution in [0, 0.1) is 5.92 Å². The Hall–Kier alpha value is -1.44. The average Bonchev–Trinajstić information content (AvgIpc) is 2.53. The van der Waals surface area contributed by atoms with Crippen LogP contribution in [0.1, 0.15) is 43.2 Å². The van der Waals surface area contributed by atoms with Crippen molar-refractivity contribution in [2.75, 3.05) is 6.54 Å². The van der Waals surface area contributed by atoms with Crippen molar-refractivity contribution in [1.29, 1.82) is 0 Å². The molecular formula is C18H19F6NO. The fraction of sp³-hybridized carbons (Fsp3) is 0.667. The second-order valence-electron chi connectivity index (χ2n) is 7.56. The van der Waals surface area contributed by atoms with Crippen LogP contribution in [0.3, 0.4) is 0 Å². The lowest BCUT2D eigenvalue weighted by molar-refractivity contribution is -0.279. The van der Waals surface area contributed by atoms with Crippen LogP contribution in [0.2, 0.25) is 0 Å². The van der Waals surface area contributed by atoms with Crippen LogP contribution in [0.5, 0.6) is 5.75 Å². The zero-order chi connectivity index (χ0) is 18.7. The van der Waals surface area contributed by atoms with Crippen molar-refractivity contribution in [1.82, 2.24) is 4.90 Å². The van der Waals surface area contributed by atoms with Gasteiger partial charge in [-0.2, -0.15) is 13.2 Å². The minimum absolute atomic E-state index is 0.103. The third-order valence-electron chi connectivity index (χ3n) is 6.37. The van der Waals surface area contributed by atoms with Gasteiger partial charge in [0.2, 0.25) is 0 Å². The first-order valence-corrected chi connectivity index (χ1v) is 8.83. The third-order valence-corrected chi connectivity index (χ3v) is 6.37. The number of hydrogen-bond acceptors (Lipinski definition) is 2. The van der Waals surface area contributed by atoms with Crippen LogP contribution in [0.15, 0.2) is 18.2 Å². The number of nitrogens with zero attached hydrogens (tertiary/aromatic N) is 1. The molecule has 1 aliphatic heterocycles. The molecule has 1 saturated heterocycles. The number of alkyl halides is 6. The molecule has 3 atom stereocenters. The number of fused-ring (bicyclic) bond motifs is 1. The second kappa shape index (κ2) is 5.78. The van der Waals surface area contributed by atoms with E-state index in [0.717, 1.165) is 30.4 Å². The van der Waals surface area contributed by atoms with Crippen LogP contribution >= 0.6 is 0 Å². The van der Waals surface area contributed by atoms with Gasteiger partial charge in [-0.1, -0.05) is 18.9 Å². The molecule has 1 aromatic rings.